The molecule has 0 aromatic carbocycles. The molecule has 4 rings (SSSR count). The van der Waals surface area contributed by atoms with Gasteiger partial charge in [0, 0.05) is 17.6 Å². The van der Waals surface area contributed by atoms with Crippen molar-refractivity contribution in [2.45, 2.75) is 37.9 Å². The normalized spacial score (nSPS) is 29.7. The highest BCUT2D eigenvalue weighted by Gasteiger charge is 2.53. The van der Waals surface area contributed by atoms with E-state index in [1.165, 1.54) is 24.8 Å². The van der Waals surface area contributed by atoms with Crippen molar-refractivity contribution >= 4 is 39.3 Å². The molecule has 0 saturated carbocycles. The molecular formula is C17H20N4O5S. The average molecular weight is 392 g/mol. The molecule has 0 bridgehead atoms. The Morgan fingerprint density at radius 2 is 2.22 bits per heavy atom. The Hall–Kier alpha value is -1.98. The number of rotatable bonds is 2. The number of hydrogen-bond donors (Lipinski definition) is 4. The first-order chi connectivity index (χ1) is 12.8. The van der Waals surface area contributed by atoms with E-state index in [0.29, 0.717) is 27.8 Å². The summed E-state index contributed by atoms with van der Waals surface area (Å²) in [6.45, 7) is 2.83. The number of anilines is 1. The number of aromatic nitrogens is 2. The maximum Gasteiger partial charge on any atom is 0.271 e. The van der Waals surface area contributed by atoms with Crippen LogP contribution in [0, 0.1) is 6.92 Å². The van der Waals surface area contributed by atoms with Gasteiger partial charge in [-0.3, -0.25) is 4.79 Å². The number of thioether (sulfide) groups is 1. The lowest BCUT2D eigenvalue weighted by molar-refractivity contribution is -0.0955. The van der Waals surface area contributed by atoms with Gasteiger partial charge in [0.1, 0.15) is 29.4 Å². The fraction of sp³-hybridized carbons (Fsp3) is 0.471. The largest absolute Gasteiger partial charge is 0.394 e. The monoisotopic (exact) mass is 392 g/mol. The molecule has 0 amide bonds. The molecule has 4 atom stereocenters. The van der Waals surface area contributed by atoms with Crippen LogP contribution in [0.1, 0.15) is 18.7 Å². The Kier molecular flexibility index (Phi) is 4.28. The highest BCUT2D eigenvalue weighted by atomic mass is 32.2. The Bertz CT molecular complexity index is 1020. The molecule has 0 aliphatic carbocycles. The van der Waals surface area contributed by atoms with Gasteiger partial charge in [-0.15, -0.1) is 0 Å². The van der Waals surface area contributed by atoms with Gasteiger partial charge in [-0.25, -0.2) is 4.99 Å². The van der Waals surface area contributed by atoms with Gasteiger partial charge in [-0.1, -0.05) is 11.8 Å². The quantitative estimate of drug-likeness (QED) is 0.581. The molecule has 27 heavy (non-hydrogen) atoms. The minimum atomic E-state index is -1.65. The van der Waals surface area contributed by atoms with E-state index < -0.39 is 30.6 Å². The number of aliphatic hydroxyl groups excluding tert-OH is 2. The van der Waals surface area contributed by atoms with Crippen LogP contribution in [0.15, 0.2) is 22.1 Å². The maximum absolute atomic E-state index is 12.0. The van der Waals surface area contributed by atoms with Gasteiger partial charge in [0.05, 0.1) is 12.0 Å². The van der Waals surface area contributed by atoms with Gasteiger partial charge in [-0.05, 0) is 25.7 Å². The van der Waals surface area contributed by atoms with Crippen molar-refractivity contribution in [3.8, 4) is 0 Å². The smallest absolute Gasteiger partial charge is 0.271 e. The van der Waals surface area contributed by atoms with Crippen LogP contribution in [-0.2, 0) is 4.74 Å². The van der Waals surface area contributed by atoms with Crippen molar-refractivity contribution in [2.75, 3.05) is 18.2 Å². The summed E-state index contributed by atoms with van der Waals surface area (Å²) in [5, 5.41) is 35.6. The number of ether oxygens (including phenoxy) is 1. The second-order valence-electron chi connectivity index (χ2n) is 6.90. The molecule has 2 aliphatic heterocycles. The number of aliphatic hydroxyl groups is 3. The Morgan fingerprint density at radius 3 is 2.85 bits per heavy atom. The predicted molar refractivity (Wildman–Crippen MR) is 103 cm³/mol. The van der Waals surface area contributed by atoms with Crippen LogP contribution < -0.4 is 10.9 Å². The molecule has 0 spiro atoms. The molecule has 2 aromatic heterocycles. The topological polar surface area (TPSA) is 129 Å². The number of aryl methyl sites for hydroxylation is 1. The SMILES string of the molecule is CSC1=Nc2c3c(nc(=O)cc(C)c3cn2C2O[C@H](CO)[C@@H](O)[C@@]2(C)O)N1. The van der Waals surface area contributed by atoms with E-state index in [1.54, 1.807) is 17.7 Å². The Morgan fingerprint density at radius 1 is 1.48 bits per heavy atom. The summed E-state index contributed by atoms with van der Waals surface area (Å²) in [4.78, 5) is 20.7. The molecule has 10 heteroatoms. The molecular weight excluding hydrogens is 372 g/mol. The van der Waals surface area contributed by atoms with Crippen molar-refractivity contribution in [3.63, 3.8) is 0 Å². The molecule has 9 nitrogen and oxygen atoms in total. The van der Waals surface area contributed by atoms with Crippen LogP contribution in [0.4, 0.5) is 11.6 Å². The van der Waals surface area contributed by atoms with Crippen LogP contribution >= 0.6 is 11.8 Å². The first kappa shape index (κ1) is 18.4. The summed E-state index contributed by atoms with van der Waals surface area (Å²) in [6, 6.07) is 1.44. The van der Waals surface area contributed by atoms with Crippen LogP contribution in [0.5, 0.6) is 0 Å². The van der Waals surface area contributed by atoms with E-state index in [-0.39, 0.29) is 5.56 Å². The fourth-order valence-corrected chi connectivity index (χ4v) is 3.98. The second-order valence-corrected chi connectivity index (χ2v) is 7.70. The third-order valence-corrected chi connectivity index (χ3v) is 5.62. The molecule has 144 valence electrons. The van der Waals surface area contributed by atoms with Gasteiger partial charge >= 0.3 is 0 Å². The molecule has 2 aliphatic rings. The number of amidine groups is 1. The zero-order chi connectivity index (χ0) is 19.5. The van der Waals surface area contributed by atoms with Crippen molar-refractivity contribution in [2.24, 2.45) is 4.99 Å². The highest BCUT2D eigenvalue weighted by Crippen LogP contribution is 2.45. The molecule has 1 unspecified atom stereocenters. The lowest BCUT2D eigenvalue weighted by Crippen LogP contribution is -2.44. The van der Waals surface area contributed by atoms with Gasteiger partial charge in [0.2, 0.25) is 0 Å². The molecule has 4 N–H and O–H groups in total. The van der Waals surface area contributed by atoms with Gasteiger partial charge in [-0.2, -0.15) is 4.98 Å². The molecule has 0 radical (unpaired) electrons. The van der Waals surface area contributed by atoms with E-state index in [4.69, 9.17) is 4.74 Å². The van der Waals surface area contributed by atoms with Gasteiger partial charge < -0.3 is 29.9 Å². The van der Waals surface area contributed by atoms with Gasteiger partial charge in [0.25, 0.3) is 5.56 Å². The zero-order valence-electron chi connectivity index (χ0n) is 15.0. The number of aliphatic imine (C=N–C) groups is 1. The summed E-state index contributed by atoms with van der Waals surface area (Å²) >= 11 is 1.35. The lowest BCUT2D eigenvalue weighted by Gasteiger charge is -2.28. The summed E-state index contributed by atoms with van der Waals surface area (Å²) in [7, 11) is 0. The summed E-state index contributed by atoms with van der Waals surface area (Å²) in [6.07, 6.45) is 0.406. The minimum Gasteiger partial charge on any atom is -0.394 e. The van der Waals surface area contributed by atoms with E-state index in [2.05, 4.69) is 15.3 Å². The molecule has 4 heterocycles. The molecule has 1 fully saturated rings. The first-order valence-electron chi connectivity index (χ1n) is 8.41. The number of hydrogen-bond acceptors (Lipinski definition) is 9. The highest BCUT2D eigenvalue weighted by molar-refractivity contribution is 8.13. The van der Waals surface area contributed by atoms with E-state index >= 15 is 0 Å². The van der Waals surface area contributed by atoms with Crippen molar-refractivity contribution in [1.82, 2.24) is 9.55 Å². The Labute approximate surface area is 158 Å². The van der Waals surface area contributed by atoms with Crippen molar-refractivity contribution in [1.29, 1.82) is 0 Å². The first-order valence-corrected chi connectivity index (χ1v) is 9.63. The predicted octanol–water partition coefficient (Wildman–Crippen LogP) is 0.483. The summed E-state index contributed by atoms with van der Waals surface area (Å²) in [5.74, 6) is 0.846. The lowest BCUT2D eigenvalue weighted by atomic mass is 9.96. The van der Waals surface area contributed by atoms with Crippen LogP contribution in [0.25, 0.3) is 10.8 Å². The zero-order valence-corrected chi connectivity index (χ0v) is 15.8. The third kappa shape index (κ3) is 2.67. The molecule has 1 saturated heterocycles. The standard InChI is InChI=1S/C17H20N4O5S/c1-7-4-10(23)18-13-11-8(7)5-21(14(11)20-16(19-13)27-3)15-17(2,25)12(24)9(6-22)26-15/h4-5,9,12,15,22,24-25H,6H2,1-3H3,(H,18,19,20,23)/t9-,12-,15?,17-/m1/s1. The van der Waals surface area contributed by atoms with E-state index in [1.807, 2.05) is 6.26 Å². The number of nitrogens with one attached hydrogen (secondary N) is 1. The van der Waals surface area contributed by atoms with Crippen molar-refractivity contribution < 1.29 is 20.1 Å². The van der Waals surface area contributed by atoms with Gasteiger partial charge in [0.15, 0.2) is 11.4 Å². The second kappa shape index (κ2) is 6.28. The maximum atomic E-state index is 12.0. The van der Waals surface area contributed by atoms with Crippen LogP contribution in [-0.4, -0.2) is 60.7 Å². The summed E-state index contributed by atoms with van der Waals surface area (Å²) in [5.41, 5.74) is -1.31. The van der Waals surface area contributed by atoms with Crippen LogP contribution in [0.3, 0.4) is 0 Å². The number of nitrogens with zero attached hydrogens (tertiary/aromatic N) is 3. The average Bonchev–Trinajstić information content (AvgIpc) is 3.06. The van der Waals surface area contributed by atoms with E-state index in [0.717, 1.165) is 5.39 Å². The summed E-state index contributed by atoms with van der Waals surface area (Å²) < 4.78 is 7.38. The van der Waals surface area contributed by atoms with Crippen molar-refractivity contribution in [3.05, 3.63) is 28.2 Å². The van der Waals surface area contributed by atoms with E-state index in [9.17, 15) is 20.1 Å². The Balaban J connectivity index is 2.01. The fourth-order valence-electron chi connectivity index (χ4n) is 3.60. The minimum absolute atomic E-state index is 0.370. The third-order valence-electron chi connectivity index (χ3n) is 5.04. The van der Waals surface area contributed by atoms with Crippen LogP contribution in [0.2, 0.25) is 0 Å². The molecule has 2 aromatic rings.